The first kappa shape index (κ1) is 12.0. The molecule has 0 heterocycles. The summed E-state index contributed by atoms with van der Waals surface area (Å²) in [5.74, 6) is -0.921. The van der Waals surface area contributed by atoms with Crippen molar-refractivity contribution in [2.45, 2.75) is 6.92 Å². The molecule has 2 heteroatoms. The summed E-state index contributed by atoms with van der Waals surface area (Å²) in [7, 11) is 0. The van der Waals surface area contributed by atoms with Crippen molar-refractivity contribution in [2.75, 3.05) is 0 Å². The van der Waals surface area contributed by atoms with Gasteiger partial charge in [0.1, 0.15) is 0 Å². The van der Waals surface area contributed by atoms with Gasteiger partial charge in [-0.2, -0.15) is 0 Å². The van der Waals surface area contributed by atoms with E-state index < -0.39 is 5.97 Å². The molecule has 0 saturated heterocycles. The molecule has 0 aliphatic heterocycles. The van der Waals surface area contributed by atoms with E-state index in [0.717, 1.165) is 5.57 Å². The van der Waals surface area contributed by atoms with Gasteiger partial charge in [0.2, 0.25) is 0 Å². The molecule has 0 unspecified atom stereocenters. The lowest BCUT2D eigenvalue weighted by molar-refractivity contribution is 0.0696. The Morgan fingerprint density at radius 2 is 1.94 bits per heavy atom. The van der Waals surface area contributed by atoms with Crippen LogP contribution in [0.15, 0.2) is 55.1 Å². The summed E-state index contributed by atoms with van der Waals surface area (Å²) in [4.78, 5) is 11.1. The maximum absolute atomic E-state index is 11.1. The summed E-state index contributed by atoms with van der Waals surface area (Å²) in [6.07, 6.45) is 7.17. The summed E-state index contributed by atoms with van der Waals surface area (Å²) in [5, 5.41) is 9.07. The van der Waals surface area contributed by atoms with Crippen molar-refractivity contribution in [1.29, 1.82) is 0 Å². The number of carboxylic acid groups (broad SMARTS) is 1. The van der Waals surface area contributed by atoms with Gasteiger partial charge in [0.25, 0.3) is 0 Å². The Balaban J connectivity index is 3.34. The molecule has 1 aromatic carbocycles. The van der Waals surface area contributed by atoms with Gasteiger partial charge in [-0.25, -0.2) is 4.79 Å². The number of hydrogen-bond donors (Lipinski definition) is 1. The average Bonchev–Trinajstić information content (AvgIpc) is 2.29. The van der Waals surface area contributed by atoms with Crippen molar-refractivity contribution in [3.8, 4) is 0 Å². The molecule has 0 fully saturated rings. The number of carboxylic acids is 1. The first-order chi connectivity index (χ1) is 7.70. The highest BCUT2D eigenvalue weighted by atomic mass is 16.4. The lowest BCUT2D eigenvalue weighted by atomic mass is 9.99. The highest BCUT2D eigenvalue weighted by Gasteiger charge is 2.10. The monoisotopic (exact) mass is 214 g/mol. The molecule has 0 radical (unpaired) electrons. The molecule has 82 valence electrons. The van der Waals surface area contributed by atoms with Gasteiger partial charge in [0.15, 0.2) is 0 Å². The topological polar surface area (TPSA) is 37.3 Å². The largest absolute Gasteiger partial charge is 0.478 e. The normalized spacial score (nSPS) is 11.7. The van der Waals surface area contributed by atoms with Gasteiger partial charge < -0.3 is 5.11 Å². The molecule has 0 saturated carbocycles. The Labute approximate surface area is 95.2 Å². The van der Waals surface area contributed by atoms with E-state index in [-0.39, 0.29) is 0 Å². The van der Waals surface area contributed by atoms with Gasteiger partial charge in [-0.05, 0) is 24.1 Å². The van der Waals surface area contributed by atoms with E-state index in [1.165, 1.54) is 0 Å². The Morgan fingerprint density at radius 3 is 2.44 bits per heavy atom. The number of rotatable bonds is 4. The van der Waals surface area contributed by atoms with Gasteiger partial charge in [-0.1, -0.05) is 49.1 Å². The first-order valence-electron chi connectivity index (χ1n) is 4.98. The third-order valence-electron chi connectivity index (χ3n) is 2.11. The Hall–Kier alpha value is -2.09. The maximum Gasteiger partial charge on any atom is 0.336 e. The van der Waals surface area contributed by atoms with Crippen LogP contribution in [0.5, 0.6) is 0 Å². The van der Waals surface area contributed by atoms with Crippen LogP contribution in [0.3, 0.4) is 0 Å². The SMILES string of the molecule is C=C/C=C(\C=C/C)c1ccccc1C(=O)O. The number of hydrogen-bond acceptors (Lipinski definition) is 1. The Kier molecular flexibility index (Phi) is 4.28. The predicted molar refractivity (Wildman–Crippen MR) is 66.4 cm³/mol. The molecule has 0 bridgehead atoms. The minimum atomic E-state index is -0.921. The summed E-state index contributed by atoms with van der Waals surface area (Å²) in [6.45, 7) is 5.51. The fraction of sp³-hybridized carbons (Fsp3) is 0.0714. The fourth-order valence-corrected chi connectivity index (χ4v) is 1.46. The van der Waals surface area contributed by atoms with Crippen molar-refractivity contribution in [3.63, 3.8) is 0 Å². The minimum absolute atomic E-state index is 0.300. The molecule has 1 aromatic rings. The second-order valence-corrected chi connectivity index (χ2v) is 3.21. The van der Waals surface area contributed by atoms with Gasteiger partial charge in [0.05, 0.1) is 5.56 Å². The van der Waals surface area contributed by atoms with E-state index in [1.54, 1.807) is 30.4 Å². The minimum Gasteiger partial charge on any atom is -0.478 e. The zero-order valence-electron chi connectivity index (χ0n) is 9.18. The van der Waals surface area contributed by atoms with Crippen LogP contribution in [0.2, 0.25) is 0 Å². The van der Waals surface area contributed by atoms with Crippen LogP contribution in [-0.4, -0.2) is 11.1 Å². The predicted octanol–water partition coefficient (Wildman–Crippen LogP) is 3.53. The lowest BCUT2D eigenvalue weighted by Gasteiger charge is -2.06. The summed E-state index contributed by atoms with van der Waals surface area (Å²) in [5.41, 5.74) is 1.84. The van der Waals surface area contributed by atoms with Gasteiger partial charge in [-0.3, -0.25) is 0 Å². The molecular formula is C14H14O2. The molecular weight excluding hydrogens is 200 g/mol. The molecule has 2 nitrogen and oxygen atoms in total. The third kappa shape index (κ3) is 2.70. The van der Waals surface area contributed by atoms with Crippen LogP contribution < -0.4 is 0 Å². The molecule has 0 spiro atoms. The maximum atomic E-state index is 11.1. The van der Waals surface area contributed by atoms with Crippen LogP contribution in [0.4, 0.5) is 0 Å². The summed E-state index contributed by atoms with van der Waals surface area (Å²) >= 11 is 0. The molecule has 0 aliphatic rings. The number of allylic oxidation sites excluding steroid dienone is 5. The fourth-order valence-electron chi connectivity index (χ4n) is 1.46. The summed E-state index contributed by atoms with van der Waals surface area (Å²) in [6, 6.07) is 6.92. The van der Waals surface area contributed by atoms with Crippen LogP contribution in [0.1, 0.15) is 22.8 Å². The molecule has 0 amide bonds. The molecule has 0 atom stereocenters. The Morgan fingerprint density at radius 1 is 1.31 bits per heavy atom. The highest BCUT2D eigenvalue weighted by Crippen LogP contribution is 2.20. The van der Waals surface area contributed by atoms with Gasteiger partial charge in [0, 0.05) is 0 Å². The highest BCUT2D eigenvalue weighted by molar-refractivity contribution is 5.95. The van der Waals surface area contributed by atoms with E-state index >= 15 is 0 Å². The van der Waals surface area contributed by atoms with E-state index in [4.69, 9.17) is 5.11 Å². The second-order valence-electron chi connectivity index (χ2n) is 3.21. The number of carbonyl (C=O) groups is 1. The molecule has 0 aliphatic carbocycles. The third-order valence-corrected chi connectivity index (χ3v) is 2.11. The van der Waals surface area contributed by atoms with E-state index in [0.29, 0.717) is 11.1 Å². The molecule has 0 aromatic heterocycles. The van der Waals surface area contributed by atoms with Crippen LogP contribution in [-0.2, 0) is 0 Å². The van der Waals surface area contributed by atoms with E-state index in [9.17, 15) is 4.79 Å². The number of aromatic carboxylic acids is 1. The van der Waals surface area contributed by atoms with E-state index in [2.05, 4.69) is 6.58 Å². The van der Waals surface area contributed by atoms with Crippen LogP contribution >= 0.6 is 0 Å². The van der Waals surface area contributed by atoms with Gasteiger partial charge >= 0.3 is 5.97 Å². The zero-order valence-corrected chi connectivity index (χ0v) is 9.18. The van der Waals surface area contributed by atoms with Gasteiger partial charge in [-0.15, -0.1) is 0 Å². The first-order valence-corrected chi connectivity index (χ1v) is 4.98. The summed E-state index contributed by atoms with van der Waals surface area (Å²) < 4.78 is 0. The van der Waals surface area contributed by atoms with E-state index in [1.807, 2.05) is 25.1 Å². The van der Waals surface area contributed by atoms with Crippen LogP contribution in [0.25, 0.3) is 5.57 Å². The standard InChI is InChI=1S/C14H14O2/c1-3-7-11(8-4-2)12-9-5-6-10-13(12)14(15)16/h3-10H,1H2,2H3,(H,15,16)/b8-4-,11-7+. The van der Waals surface area contributed by atoms with Crippen molar-refractivity contribution < 1.29 is 9.90 Å². The van der Waals surface area contributed by atoms with Crippen LogP contribution in [0, 0.1) is 0 Å². The lowest BCUT2D eigenvalue weighted by Crippen LogP contribution is -2.00. The molecule has 1 rings (SSSR count). The van der Waals surface area contributed by atoms with Crippen molar-refractivity contribution in [2.24, 2.45) is 0 Å². The smallest absolute Gasteiger partial charge is 0.336 e. The molecule has 1 N–H and O–H groups in total. The van der Waals surface area contributed by atoms with Crippen molar-refractivity contribution in [1.82, 2.24) is 0 Å². The molecule has 16 heavy (non-hydrogen) atoms. The Bertz CT molecular complexity index is 454. The number of benzene rings is 1. The average molecular weight is 214 g/mol. The van der Waals surface area contributed by atoms with Crippen molar-refractivity contribution in [3.05, 3.63) is 66.3 Å². The zero-order chi connectivity index (χ0) is 12.0. The second kappa shape index (κ2) is 5.71. The quantitative estimate of drug-likeness (QED) is 0.778. The van der Waals surface area contributed by atoms with Crippen molar-refractivity contribution >= 4 is 11.5 Å².